The van der Waals surface area contributed by atoms with E-state index in [4.69, 9.17) is 16.7 Å². The van der Waals surface area contributed by atoms with Crippen LogP contribution in [0.2, 0.25) is 5.02 Å². The quantitative estimate of drug-likeness (QED) is 0.888. The average molecular weight is 253 g/mol. The molecule has 1 aromatic carbocycles. The Morgan fingerprint density at radius 3 is 2.88 bits per heavy atom. The molecule has 2 aromatic rings. The molecule has 0 aliphatic heterocycles. The second-order valence-electron chi connectivity index (χ2n) is 3.35. The van der Waals surface area contributed by atoms with Gasteiger partial charge < -0.3 is 5.11 Å². The summed E-state index contributed by atoms with van der Waals surface area (Å²) < 4.78 is 1.45. The molecular weight excluding hydrogens is 244 g/mol. The average Bonchev–Trinajstić information content (AvgIpc) is 2.75. The topological polar surface area (TPSA) is 80.9 Å². The molecule has 0 unspecified atom stereocenters. The maximum absolute atomic E-state index is 10.5. The van der Waals surface area contributed by atoms with Crippen molar-refractivity contribution in [2.75, 3.05) is 0 Å². The molecule has 17 heavy (non-hydrogen) atoms. The summed E-state index contributed by atoms with van der Waals surface area (Å²) in [6, 6.07) is 7.10. The predicted molar refractivity (Wildman–Crippen MR) is 60.1 cm³/mol. The Morgan fingerprint density at radius 1 is 1.41 bits per heavy atom. The number of hydrogen-bond acceptors (Lipinski definition) is 4. The van der Waals surface area contributed by atoms with Gasteiger partial charge in [-0.1, -0.05) is 23.7 Å². The van der Waals surface area contributed by atoms with E-state index in [-0.39, 0.29) is 12.8 Å². The molecule has 0 saturated heterocycles. The molecule has 0 spiro atoms. The van der Waals surface area contributed by atoms with Gasteiger partial charge >= 0.3 is 5.97 Å². The van der Waals surface area contributed by atoms with Crippen molar-refractivity contribution in [1.82, 2.24) is 20.2 Å². The van der Waals surface area contributed by atoms with E-state index in [0.29, 0.717) is 16.5 Å². The van der Waals surface area contributed by atoms with Gasteiger partial charge in [-0.05, 0) is 22.6 Å². The zero-order valence-electron chi connectivity index (χ0n) is 8.75. The van der Waals surface area contributed by atoms with Crippen molar-refractivity contribution < 1.29 is 9.90 Å². The third-order valence-electron chi connectivity index (χ3n) is 2.18. The number of halogens is 1. The summed E-state index contributed by atoms with van der Waals surface area (Å²) in [7, 11) is 0. The minimum atomic E-state index is -0.890. The molecule has 0 radical (unpaired) electrons. The van der Waals surface area contributed by atoms with Gasteiger partial charge in [0.15, 0.2) is 5.82 Å². The molecule has 1 aromatic heterocycles. The van der Waals surface area contributed by atoms with Gasteiger partial charge in [0.25, 0.3) is 0 Å². The van der Waals surface area contributed by atoms with Gasteiger partial charge in [0.2, 0.25) is 0 Å². The van der Waals surface area contributed by atoms with Crippen LogP contribution in [0.15, 0.2) is 24.3 Å². The van der Waals surface area contributed by atoms with Gasteiger partial charge in [-0.15, -0.1) is 5.10 Å². The first-order valence-corrected chi connectivity index (χ1v) is 5.30. The summed E-state index contributed by atoms with van der Waals surface area (Å²) in [5.74, 6) is -0.417. The predicted octanol–water partition coefficient (Wildman–Crippen LogP) is 1.33. The first kappa shape index (κ1) is 11.5. The lowest BCUT2D eigenvalue weighted by Gasteiger charge is -2.05. The fourth-order valence-electron chi connectivity index (χ4n) is 1.39. The molecule has 6 nitrogen and oxygen atoms in total. The van der Waals surface area contributed by atoms with Gasteiger partial charge in [-0.3, -0.25) is 4.79 Å². The van der Waals surface area contributed by atoms with Crippen LogP contribution in [0.25, 0.3) is 5.69 Å². The first-order valence-electron chi connectivity index (χ1n) is 4.92. The highest BCUT2D eigenvalue weighted by Gasteiger charge is 2.11. The molecule has 0 atom stereocenters. The van der Waals surface area contributed by atoms with E-state index >= 15 is 0 Å². The van der Waals surface area contributed by atoms with Gasteiger partial charge in [-0.2, -0.15) is 4.68 Å². The third-order valence-corrected chi connectivity index (χ3v) is 2.50. The molecule has 88 valence electrons. The standard InChI is InChI=1S/C10H9ClN4O2/c11-7-3-1-2-4-8(7)15-9(12-13-14-15)5-6-10(16)17/h1-4H,5-6H2,(H,16,17). The fourth-order valence-corrected chi connectivity index (χ4v) is 1.61. The molecule has 2 rings (SSSR count). The van der Waals surface area contributed by atoms with E-state index in [0.717, 1.165) is 0 Å². The van der Waals surface area contributed by atoms with Crippen LogP contribution >= 0.6 is 11.6 Å². The van der Waals surface area contributed by atoms with Crippen LogP contribution < -0.4 is 0 Å². The Hall–Kier alpha value is -1.95. The van der Waals surface area contributed by atoms with Crippen molar-refractivity contribution in [3.8, 4) is 5.69 Å². The highest BCUT2D eigenvalue weighted by atomic mass is 35.5. The largest absolute Gasteiger partial charge is 0.481 e. The van der Waals surface area contributed by atoms with Crippen molar-refractivity contribution in [2.24, 2.45) is 0 Å². The SMILES string of the molecule is O=C(O)CCc1nnnn1-c1ccccc1Cl. The zero-order valence-corrected chi connectivity index (χ0v) is 9.50. The summed E-state index contributed by atoms with van der Waals surface area (Å²) in [5, 5.41) is 20.3. The summed E-state index contributed by atoms with van der Waals surface area (Å²) in [4.78, 5) is 10.5. The third kappa shape index (κ3) is 2.59. The molecule has 0 amide bonds. The number of aliphatic carboxylic acids is 1. The lowest BCUT2D eigenvalue weighted by molar-refractivity contribution is -0.137. The lowest BCUT2D eigenvalue weighted by Crippen LogP contribution is -2.06. The second kappa shape index (κ2) is 4.92. The number of para-hydroxylation sites is 1. The van der Waals surface area contributed by atoms with Gasteiger partial charge in [-0.25, -0.2) is 0 Å². The van der Waals surface area contributed by atoms with E-state index in [9.17, 15) is 4.79 Å². The number of aryl methyl sites for hydroxylation is 1. The van der Waals surface area contributed by atoms with Crippen molar-refractivity contribution >= 4 is 17.6 Å². The van der Waals surface area contributed by atoms with Crippen molar-refractivity contribution in [3.63, 3.8) is 0 Å². The molecule has 7 heteroatoms. The van der Waals surface area contributed by atoms with E-state index in [1.165, 1.54) is 4.68 Å². The number of aromatic nitrogens is 4. The molecule has 1 N–H and O–H groups in total. The Balaban J connectivity index is 2.31. The monoisotopic (exact) mass is 252 g/mol. The number of tetrazole rings is 1. The van der Waals surface area contributed by atoms with Gasteiger partial charge in [0, 0.05) is 6.42 Å². The summed E-state index contributed by atoms with van der Waals surface area (Å²) in [6.07, 6.45) is 0.235. The van der Waals surface area contributed by atoms with E-state index in [2.05, 4.69) is 15.5 Å². The normalized spacial score (nSPS) is 10.4. The molecule has 0 saturated carbocycles. The number of benzene rings is 1. The number of carboxylic acid groups (broad SMARTS) is 1. The minimum absolute atomic E-state index is 0.0230. The number of rotatable bonds is 4. The molecule has 0 aliphatic carbocycles. The summed E-state index contributed by atoms with van der Waals surface area (Å²) in [5.41, 5.74) is 0.638. The maximum Gasteiger partial charge on any atom is 0.303 e. The van der Waals surface area contributed by atoms with Crippen LogP contribution in [-0.4, -0.2) is 31.3 Å². The highest BCUT2D eigenvalue weighted by molar-refractivity contribution is 6.32. The van der Waals surface area contributed by atoms with Gasteiger partial charge in [0.1, 0.15) is 0 Å². The minimum Gasteiger partial charge on any atom is -0.481 e. The molecule has 0 fully saturated rings. The Morgan fingerprint density at radius 2 is 2.18 bits per heavy atom. The molecule has 0 bridgehead atoms. The van der Waals surface area contributed by atoms with Gasteiger partial charge in [0.05, 0.1) is 17.1 Å². The first-order chi connectivity index (χ1) is 8.18. The maximum atomic E-state index is 10.5. The number of carboxylic acids is 1. The van der Waals surface area contributed by atoms with Crippen LogP contribution in [0.1, 0.15) is 12.2 Å². The van der Waals surface area contributed by atoms with Crippen LogP contribution in [0.3, 0.4) is 0 Å². The van der Waals surface area contributed by atoms with Crippen molar-refractivity contribution in [1.29, 1.82) is 0 Å². The molecule has 1 heterocycles. The van der Waals surface area contributed by atoms with Crippen LogP contribution in [0.5, 0.6) is 0 Å². The van der Waals surface area contributed by atoms with Crippen molar-refractivity contribution in [2.45, 2.75) is 12.8 Å². The van der Waals surface area contributed by atoms with E-state index in [1.807, 2.05) is 6.07 Å². The number of hydrogen-bond donors (Lipinski definition) is 1. The zero-order chi connectivity index (χ0) is 12.3. The number of nitrogens with zero attached hydrogens (tertiary/aromatic N) is 4. The fraction of sp³-hybridized carbons (Fsp3) is 0.200. The Bertz CT molecular complexity index is 541. The van der Waals surface area contributed by atoms with E-state index in [1.54, 1.807) is 18.2 Å². The molecular formula is C10H9ClN4O2. The van der Waals surface area contributed by atoms with Crippen LogP contribution in [0, 0.1) is 0 Å². The van der Waals surface area contributed by atoms with Crippen molar-refractivity contribution in [3.05, 3.63) is 35.1 Å². The summed E-state index contributed by atoms with van der Waals surface area (Å²) >= 11 is 6.02. The molecule has 0 aliphatic rings. The highest BCUT2D eigenvalue weighted by Crippen LogP contribution is 2.19. The lowest BCUT2D eigenvalue weighted by atomic mass is 10.3. The van der Waals surface area contributed by atoms with E-state index < -0.39 is 5.97 Å². The van der Waals surface area contributed by atoms with Crippen LogP contribution in [-0.2, 0) is 11.2 Å². The smallest absolute Gasteiger partial charge is 0.303 e. The Kier molecular flexibility index (Phi) is 3.34. The summed E-state index contributed by atoms with van der Waals surface area (Å²) in [6.45, 7) is 0. The Labute approximate surface area is 102 Å². The second-order valence-corrected chi connectivity index (χ2v) is 3.76. The van der Waals surface area contributed by atoms with Crippen LogP contribution in [0.4, 0.5) is 0 Å². The number of carbonyl (C=O) groups is 1.